The number of benzene rings is 2. The first-order chi connectivity index (χ1) is 16.0. The fourth-order valence-electron chi connectivity index (χ4n) is 5.21. The van der Waals surface area contributed by atoms with Crippen LogP contribution >= 0.6 is 23.4 Å². The molecular weight excluding hydrogens is 458 g/mol. The van der Waals surface area contributed by atoms with E-state index >= 15 is 0 Å². The summed E-state index contributed by atoms with van der Waals surface area (Å²) >= 11 is 7.55. The topological polar surface area (TPSA) is 71.0 Å². The van der Waals surface area contributed by atoms with Gasteiger partial charge in [0.05, 0.1) is 17.1 Å². The van der Waals surface area contributed by atoms with Gasteiger partial charge in [0.15, 0.2) is 5.17 Å². The second-order valence-electron chi connectivity index (χ2n) is 8.73. The molecule has 0 unspecified atom stereocenters. The third kappa shape index (κ3) is 3.50. The molecule has 2 amide bonds. The van der Waals surface area contributed by atoms with Gasteiger partial charge >= 0.3 is 0 Å². The Morgan fingerprint density at radius 2 is 1.91 bits per heavy atom. The molecule has 1 spiro atoms. The Balaban J connectivity index is 1.25. The van der Waals surface area contributed by atoms with Gasteiger partial charge in [-0.3, -0.25) is 9.59 Å². The minimum Gasteiger partial charge on any atom is -0.365 e. The van der Waals surface area contributed by atoms with Crippen molar-refractivity contribution in [3.63, 3.8) is 0 Å². The molecule has 1 saturated heterocycles. The Morgan fingerprint density at radius 3 is 2.76 bits per heavy atom. The molecule has 8 heteroatoms. The van der Waals surface area contributed by atoms with Crippen LogP contribution in [0, 0.1) is 0 Å². The summed E-state index contributed by atoms with van der Waals surface area (Å²) in [5, 5.41) is 4.13. The summed E-state index contributed by atoms with van der Waals surface area (Å²) < 4.78 is 6.27. The van der Waals surface area contributed by atoms with Gasteiger partial charge in [0.2, 0.25) is 0 Å². The van der Waals surface area contributed by atoms with Crippen molar-refractivity contribution in [2.45, 2.75) is 31.5 Å². The van der Waals surface area contributed by atoms with Gasteiger partial charge in [-0.15, -0.1) is 0 Å². The number of aliphatic imine (C=N–C) groups is 1. The van der Waals surface area contributed by atoms with Gasteiger partial charge in [-0.2, -0.15) is 4.99 Å². The van der Waals surface area contributed by atoms with Crippen molar-refractivity contribution in [2.24, 2.45) is 4.99 Å². The molecule has 0 aromatic heterocycles. The average molecular weight is 480 g/mol. The summed E-state index contributed by atoms with van der Waals surface area (Å²) in [5.74, 6) is -0.402. The second-order valence-corrected chi connectivity index (χ2v) is 10.1. The van der Waals surface area contributed by atoms with Crippen LogP contribution in [0.4, 0.5) is 0 Å². The normalized spacial score (nSPS) is 23.8. The Bertz CT molecular complexity index is 1250. The maximum atomic E-state index is 13.0. The number of halogens is 1. The van der Waals surface area contributed by atoms with Crippen molar-refractivity contribution in [3.8, 4) is 0 Å². The number of piperidine rings is 1. The van der Waals surface area contributed by atoms with Crippen LogP contribution < -0.4 is 5.32 Å². The molecule has 4 heterocycles. The van der Waals surface area contributed by atoms with Crippen molar-refractivity contribution >= 4 is 45.9 Å². The van der Waals surface area contributed by atoms with E-state index in [0.29, 0.717) is 35.1 Å². The first-order valence-electron chi connectivity index (χ1n) is 11.1. The van der Waals surface area contributed by atoms with Crippen molar-refractivity contribution in [3.05, 3.63) is 74.6 Å². The second kappa shape index (κ2) is 8.01. The number of nitrogens with zero attached hydrogens (tertiary/aromatic N) is 2. The molecular formula is C25H22ClN3O3S. The van der Waals surface area contributed by atoms with Crippen LogP contribution in [-0.4, -0.2) is 41.5 Å². The SMILES string of the molecule is O=C1N=C(N2CCC3(CC2)OCc2ccccc23)S/C1=C1/CCNC(=O)c2cc(Cl)ccc21. The zero-order valence-electron chi connectivity index (χ0n) is 17.9. The first-order valence-corrected chi connectivity index (χ1v) is 12.3. The predicted molar refractivity (Wildman–Crippen MR) is 129 cm³/mol. The fraction of sp³-hybridized carbons (Fsp3) is 0.320. The summed E-state index contributed by atoms with van der Waals surface area (Å²) in [5.41, 5.74) is 4.46. The molecule has 0 bridgehead atoms. The van der Waals surface area contributed by atoms with Crippen molar-refractivity contribution < 1.29 is 14.3 Å². The van der Waals surface area contributed by atoms with Crippen LogP contribution in [0.5, 0.6) is 0 Å². The van der Waals surface area contributed by atoms with Crippen molar-refractivity contribution in [1.29, 1.82) is 0 Å². The van der Waals surface area contributed by atoms with Gasteiger partial charge in [0, 0.05) is 30.2 Å². The molecule has 0 aliphatic carbocycles. The molecule has 2 aromatic carbocycles. The number of hydrogen-bond donors (Lipinski definition) is 1. The molecule has 0 atom stereocenters. The van der Waals surface area contributed by atoms with Crippen LogP contribution in [0.15, 0.2) is 52.4 Å². The van der Waals surface area contributed by atoms with Crippen LogP contribution in [-0.2, 0) is 21.7 Å². The number of ether oxygens (including phenoxy) is 1. The van der Waals surface area contributed by atoms with Gasteiger partial charge in [-0.25, -0.2) is 0 Å². The maximum absolute atomic E-state index is 13.0. The van der Waals surface area contributed by atoms with Gasteiger partial charge in [-0.05, 0) is 65.4 Å². The zero-order chi connectivity index (χ0) is 22.6. The quantitative estimate of drug-likeness (QED) is 0.569. The zero-order valence-corrected chi connectivity index (χ0v) is 19.5. The number of amidine groups is 1. The number of likely N-dealkylation sites (tertiary alicyclic amines) is 1. The molecule has 0 radical (unpaired) electrons. The van der Waals surface area contributed by atoms with E-state index in [1.165, 1.54) is 22.9 Å². The number of amides is 2. The standard InChI is InChI=1S/C25H22ClN3O3S/c26-16-5-6-17-18(7-10-27-22(30)19(17)13-16)21-23(31)28-24(33-21)29-11-8-25(9-12-29)20-4-2-1-3-15(20)14-32-25/h1-6,13H,7-12,14H2,(H,27,30)/b21-18-. The minimum atomic E-state index is -0.233. The van der Waals surface area contributed by atoms with Crippen molar-refractivity contribution in [1.82, 2.24) is 10.2 Å². The summed E-state index contributed by atoms with van der Waals surface area (Å²) in [4.78, 5) is 32.6. The summed E-state index contributed by atoms with van der Waals surface area (Å²) in [7, 11) is 0. The molecule has 168 valence electrons. The van der Waals surface area contributed by atoms with Crippen molar-refractivity contribution in [2.75, 3.05) is 19.6 Å². The molecule has 2 aromatic rings. The smallest absolute Gasteiger partial charge is 0.286 e. The largest absolute Gasteiger partial charge is 0.365 e. The lowest BCUT2D eigenvalue weighted by atomic mass is 9.84. The molecule has 33 heavy (non-hydrogen) atoms. The molecule has 1 fully saturated rings. The summed E-state index contributed by atoms with van der Waals surface area (Å²) in [6, 6.07) is 13.7. The highest BCUT2D eigenvalue weighted by Gasteiger charge is 2.44. The van der Waals surface area contributed by atoms with Crippen LogP contribution in [0.25, 0.3) is 5.57 Å². The number of nitrogens with one attached hydrogen (secondary N) is 1. The highest BCUT2D eigenvalue weighted by Crippen LogP contribution is 2.45. The lowest BCUT2D eigenvalue weighted by Gasteiger charge is -2.39. The molecule has 6 rings (SSSR count). The van der Waals surface area contributed by atoms with E-state index in [0.717, 1.165) is 42.2 Å². The first kappa shape index (κ1) is 21.0. The number of carbonyl (C=O) groups excluding carboxylic acids is 2. The van der Waals surface area contributed by atoms with Gasteiger partial charge in [0.1, 0.15) is 0 Å². The summed E-state index contributed by atoms with van der Waals surface area (Å²) in [6.45, 7) is 2.69. The molecule has 1 N–H and O–H groups in total. The van der Waals surface area contributed by atoms with E-state index in [1.54, 1.807) is 12.1 Å². The third-order valence-electron chi connectivity index (χ3n) is 6.92. The van der Waals surface area contributed by atoms with Gasteiger partial charge in [0.25, 0.3) is 11.8 Å². The lowest BCUT2D eigenvalue weighted by molar-refractivity contribution is -0.113. The fourth-order valence-corrected chi connectivity index (χ4v) is 6.48. The van der Waals surface area contributed by atoms with Gasteiger partial charge in [-0.1, -0.05) is 41.9 Å². The Hall–Kier alpha value is -2.61. The van der Waals surface area contributed by atoms with E-state index in [-0.39, 0.29) is 17.4 Å². The highest BCUT2D eigenvalue weighted by atomic mass is 35.5. The maximum Gasteiger partial charge on any atom is 0.286 e. The average Bonchev–Trinajstić information content (AvgIpc) is 3.34. The monoisotopic (exact) mass is 479 g/mol. The Labute approximate surface area is 201 Å². The van der Waals surface area contributed by atoms with Crippen LogP contribution in [0.3, 0.4) is 0 Å². The van der Waals surface area contributed by atoms with Gasteiger partial charge < -0.3 is 15.0 Å². The van der Waals surface area contributed by atoms with E-state index in [9.17, 15) is 9.59 Å². The third-order valence-corrected chi connectivity index (χ3v) is 8.32. The minimum absolute atomic E-state index is 0.169. The lowest BCUT2D eigenvalue weighted by Crippen LogP contribution is -2.44. The number of fused-ring (bicyclic) bond motifs is 3. The molecule has 4 aliphatic heterocycles. The van der Waals surface area contributed by atoms with Crippen LogP contribution in [0.2, 0.25) is 5.02 Å². The highest BCUT2D eigenvalue weighted by molar-refractivity contribution is 8.18. The summed E-state index contributed by atoms with van der Waals surface area (Å²) in [6.07, 6.45) is 2.30. The van der Waals surface area contributed by atoms with Crippen LogP contribution in [0.1, 0.15) is 46.3 Å². The number of rotatable bonds is 0. The predicted octanol–water partition coefficient (Wildman–Crippen LogP) is 4.34. The van der Waals surface area contributed by atoms with E-state index in [1.807, 2.05) is 6.07 Å². The molecule has 0 saturated carbocycles. The number of thioether (sulfide) groups is 1. The Morgan fingerprint density at radius 1 is 1.09 bits per heavy atom. The molecule has 6 nitrogen and oxygen atoms in total. The molecule has 4 aliphatic rings. The number of carbonyl (C=O) groups is 2. The van der Waals surface area contributed by atoms with E-state index in [4.69, 9.17) is 16.3 Å². The number of hydrogen-bond acceptors (Lipinski definition) is 5. The Kier molecular flexibility index (Phi) is 5.09. The van der Waals surface area contributed by atoms with E-state index in [2.05, 4.69) is 39.5 Å². The van der Waals surface area contributed by atoms with E-state index < -0.39 is 0 Å².